The van der Waals surface area contributed by atoms with Crippen LogP contribution in [0.15, 0.2) is 46.9 Å². The molecule has 0 radical (unpaired) electrons. The van der Waals surface area contributed by atoms with E-state index in [1.807, 2.05) is 31.2 Å². The van der Waals surface area contributed by atoms with E-state index < -0.39 is 0 Å². The van der Waals surface area contributed by atoms with Crippen LogP contribution < -0.4 is 10.1 Å². The number of amides is 1. The van der Waals surface area contributed by atoms with E-state index in [-0.39, 0.29) is 5.91 Å². The third kappa shape index (κ3) is 5.20. The van der Waals surface area contributed by atoms with Crippen LogP contribution in [0.2, 0.25) is 0 Å². The molecule has 0 fully saturated rings. The molecular formula is C21H24BrNO2. The summed E-state index contributed by atoms with van der Waals surface area (Å²) in [5, 5.41) is 3.04. The lowest BCUT2D eigenvalue weighted by Crippen LogP contribution is -2.11. The van der Waals surface area contributed by atoms with Gasteiger partial charge in [0.15, 0.2) is 0 Å². The second-order valence-electron chi connectivity index (χ2n) is 5.60. The summed E-state index contributed by atoms with van der Waals surface area (Å²) in [4.78, 5) is 12.4. The van der Waals surface area contributed by atoms with Crippen LogP contribution in [0.1, 0.15) is 37.5 Å². The first-order valence-electron chi connectivity index (χ1n) is 8.61. The topological polar surface area (TPSA) is 38.3 Å². The highest BCUT2D eigenvalue weighted by Gasteiger charge is 2.09. The lowest BCUT2D eigenvalue weighted by Gasteiger charge is -2.13. The average Bonchev–Trinajstić information content (AvgIpc) is 2.62. The molecule has 1 N–H and O–H groups in total. The molecule has 0 saturated carbocycles. The van der Waals surface area contributed by atoms with Crippen LogP contribution in [-0.2, 0) is 17.6 Å². The molecule has 0 saturated heterocycles. The SMILES string of the molecule is CCOc1ccc(Br)cc1/C=C/C(=O)Nc1c(CC)cccc1CC. The molecule has 0 heterocycles. The maximum atomic E-state index is 12.4. The summed E-state index contributed by atoms with van der Waals surface area (Å²) in [5.41, 5.74) is 4.10. The van der Waals surface area contributed by atoms with Crippen LogP contribution in [0, 0.1) is 0 Å². The van der Waals surface area contributed by atoms with E-state index in [9.17, 15) is 4.79 Å². The number of para-hydroxylation sites is 1. The van der Waals surface area contributed by atoms with Crippen molar-refractivity contribution in [3.63, 3.8) is 0 Å². The minimum atomic E-state index is -0.141. The van der Waals surface area contributed by atoms with Crippen molar-refractivity contribution in [1.82, 2.24) is 0 Å². The largest absolute Gasteiger partial charge is 0.493 e. The molecule has 1 amide bonds. The number of rotatable bonds is 7. The van der Waals surface area contributed by atoms with Gasteiger partial charge in [-0.15, -0.1) is 0 Å². The Morgan fingerprint density at radius 2 is 1.80 bits per heavy atom. The number of nitrogens with one attached hydrogen (secondary N) is 1. The molecule has 132 valence electrons. The summed E-state index contributed by atoms with van der Waals surface area (Å²) < 4.78 is 6.56. The Kier molecular flexibility index (Phi) is 7.26. The molecule has 25 heavy (non-hydrogen) atoms. The predicted octanol–water partition coefficient (Wildman–Crippen LogP) is 5.62. The van der Waals surface area contributed by atoms with Crippen LogP contribution in [0.4, 0.5) is 5.69 Å². The number of hydrogen-bond acceptors (Lipinski definition) is 2. The van der Waals surface area contributed by atoms with E-state index in [4.69, 9.17) is 4.74 Å². The normalized spacial score (nSPS) is 10.9. The lowest BCUT2D eigenvalue weighted by molar-refractivity contribution is -0.111. The standard InChI is InChI=1S/C21H24BrNO2/c1-4-15-8-7-9-16(5-2)21(15)23-20(24)13-10-17-14-18(22)11-12-19(17)25-6-3/h7-14H,4-6H2,1-3H3,(H,23,24)/b13-10+. The molecule has 3 nitrogen and oxygen atoms in total. The molecule has 4 heteroatoms. The monoisotopic (exact) mass is 401 g/mol. The fraction of sp³-hybridized carbons (Fsp3) is 0.286. The Hall–Kier alpha value is -2.07. The molecule has 0 aliphatic carbocycles. The zero-order valence-corrected chi connectivity index (χ0v) is 16.5. The van der Waals surface area contributed by atoms with Gasteiger partial charge in [-0.25, -0.2) is 0 Å². The molecule has 2 aromatic carbocycles. The summed E-state index contributed by atoms with van der Waals surface area (Å²) in [7, 11) is 0. The Balaban J connectivity index is 2.21. The van der Waals surface area contributed by atoms with Gasteiger partial charge in [0, 0.05) is 21.8 Å². The van der Waals surface area contributed by atoms with Crippen molar-refractivity contribution in [3.05, 3.63) is 63.6 Å². The van der Waals surface area contributed by atoms with E-state index in [1.165, 1.54) is 0 Å². The lowest BCUT2D eigenvalue weighted by atomic mass is 10.0. The number of benzene rings is 2. The van der Waals surface area contributed by atoms with Crippen molar-refractivity contribution in [3.8, 4) is 5.75 Å². The number of anilines is 1. The fourth-order valence-electron chi connectivity index (χ4n) is 2.67. The third-order valence-electron chi connectivity index (χ3n) is 3.93. The van der Waals surface area contributed by atoms with Crippen molar-refractivity contribution in [2.75, 3.05) is 11.9 Å². The van der Waals surface area contributed by atoms with Gasteiger partial charge in [0.1, 0.15) is 5.75 Å². The van der Waals surface area contributed by atoms with E-state index in [2.05, 4.69) is 47.2 Å². The average molecular weight is 402 g/mol. The Labute approximate surface area is 158 Å². The quantitative estimate of drug-likeness (QED) is 0.610. The predicted molar refractivity (Wildman–Crippen MR) is 108 cm³/mol. The Morgan fingerprint density at radius 1 is 1.12 bits per heavy atom. The fourth-order valence-corrected chi connectivity index (χ4v) is 3.05. The van der Waals surface area contributed by atoms with E-state index in [1.54, 1.807) is 12.2 Å². The number of aryl methyl sites for hydroxylation is 2. The molecule has 0 unspecified atom stereocenters. The smallest absolute Gasteiger partial charge is 0.248 e. The summed E-state index contributed by atoms with van der Waals surface area (Å²) in [6, 6.07) is 11.9. The van der Waals surface area contributed by atoms with Gasteiger partial charge < -0.3 is 10.1 Å². The zero-order chi connectivity index (χ0) is 18.2. The molecular weight excluding hydrogens is 378 g/mol. The Bertz CT molecular complexity index is 746. The molecule has 0 aromatic heterocycles. The van der Waals surface area contributed by atoms with Gasteiger partial charge in [0.2, 0.25) is 5.91 Å². The number of hydrogen-bond donors (Lipinski definition) is 1. The highest BCUT2D eigenvalue weighted by Crippen LogP contribution is 2.25. The number of halogens is 1. The van der Waals surface area contributed by atoms with Crippen molar-refractivity contribution >= 4 is 33.6 Å². The number of ether oxygens (including phenoxy) is 1. The molecule has 2 aromatic rings. The van der Waals surface area contributed by atoms with Gasteiger partial charge in [-0.3, -0.25) is 4.79 Å². The third-order valence-corrected chi connectivity index (χ3v) is 4.43. The van der Waals surface area contributed by atoms with Crippen molar-refractivity contribution < 1.29 is 9.53 Å². The maximum Gasteiger partial charge on any atom is 0.248 e. The van der Waals surface area contributed by atoms with Gasteiger partial charge in [-0.05, 0) is 55.2 Å². The highest BCUT2D eigenvalue weighted by molar-refractivity contribution is 9.10. The Morgan fingerprint density at radius 3 is 2.40 bits per heavy atom. The van der Waals surface area contributed by atoms with Crippen LogP contribution in [-0.4, -0.2) is 12.5 Å². The van der Waals surface area contributed by atoms with Crippen LogP contribution in [0.5, 0.6) is 5.75 Å². The van der Waals surface area contributed by atoms with Crippen molar-refractivity contribution in [2.24, 2.45) is 0 Å². The molecule has 0 aliphatic heterocycles. The first-order valence-corrected chi connectivity index (χ1v) is 9.40. The second kappa shape index (κ2) is 9.42. The summed E-state index contributed by atoms with van der Waals surface area (Å²) in [6.45, 7) is 6.71. The maximum absolute atomic E-state index is 12.4. The van der Waals surface area contributed by atoms with Gasteiger partial charge in [-0.2, -0.15) is 0 Å². The van der Waals surface area contributed by atoms with Gasteiger partial charge in [-0.1, -0.05) is 48.0 Å². The number of carbonyl (C=O) groups excluding carboxylic acids is 1. The highest BCUT2D eigenvalue weighted by atomic mass is 79.9. The van der Waals surface area contributed by atoms with Gasteiger partial charge in [0.05, 0.1) is 6.61 Å². The van der Waals surface area contributed by atoms with E-state index in [0.717, 1.165) is 45.4 Å². The zero-order valence-electron chi connectivity index (χ0n) is 14.9. The summed E-state index contributed by atoms with van der Waals surface area (Å²) in [5.74, 6) is 0.621. The van der Waals surface area contributed by atoms with Crippen LogP contribution >= 0.6 is 15.9 Å². The number of carbonyl (C=O) groups is 1. The first-order chi connectivity index (χ1) is 12.1. The minimum absolute atomic E-state index is 0.141. The van der Waals surface area contributed by atoms with Crippen molar-refractivity contribution in [1.29, 1.82) is 0 Å². The summed E-state index contributed by atoms with van der Waals surface area (Å²) >= 11 is 3.46. The second-order valence-corrected chi connectivity index (χ2v) is 6.51. The van der Waals surface area contributed by atoms with Gasteiger partial charge >= 0.3 is 0 Å². The summed E-state index contributed by atoms with van der Waals surface area (Å²) in [6.07, 6.45) is 5.10. The van der Waals surface area contributed by atoms with Crippen molar-refractivity contribution in [2.45, 2.75) is 33.6 Å². The first kappa shape index (κ1) is 19.3. The van der Waals surface area contributed by atoms with E-state index >= 15 is 0 Å². The molecule has 0 atom stereocenters. The molecule has 2 rings (SSSR count). The molecule has 0 bridgehead atoms. The molecule has 0 spiro atoms. The van der Waals surface area contributed by atoms with Crippen LogP contribution in [0.25, 0.3) is 6.08 Å². The molecule has 0 aliphatic rings. The van der Waals surface area contributed by atoms with Crippen LogP contribution in [0.3, 0.4) is 0 Å². The minimum Gasteiger partial charge on any atom is -0.493 e. The van der Waals surface area contributed by atoms with E-state index in [0.29, 0.717) is 6.61 Å². The van der Waals surface area contributed by atoms with Gasteiger partial charge in [0.25, 0.3) is 0 Å².